The van der Waals surface area contributed by atoms with Crippen LogP contribution in [-0.4, -0.2) is 12.3 Å². The molecule has 0 fully saturated rings. The van der Waals surface area contributed by atoms with E-state index in [1.54, 1.807) is 0 Å². The van der Waals surface area contributed by atoms with Gasteiger partial charge in [-0.15, -0.1) is 0 Å². The monoisotopic (exact) mass is 203 g/mol. The number of Topliss-reactive ketones (excluding diaryl/α,β-unsaturated/α-hetero) is 1. The summed E-state index contributed by atoms with van der Waals surface area (Å²) in [4.78, 5) is 14.3. The van der Waals surface area contributed by atoms with Gasteiger partial charge < -0.3 is 0 Å². The SMILES string of the molecule is CC(C)(C(=O)CN=[N+]=[N-])c1ccccc1. The molecule has 4 heteroatoms. The minimum atomic E-state index is -0.602. The quantitative estimate of drug-likeness (QED) is 0.421. The summed E-state index contributed by atoms with van der Waals surface area (Å²) < 4.78 is 0. The van der Waals surface area contributed by atoms with Crippen LogP contribution < -0.4 is 0 Å². The van der Waals surface area contributed by atoms with E-state index in [0.717, 1.165) is 5.56 Å². The van der Waals surface area contributed by atoms with Crippen LogP contribution in [0.3, 0.4) is 0 Å². The van der Waals surface area contributed by atoms with Gasteiger partial charge in [0.05, 0.1) is 6.54 Å². The molecule has 0 saturated carbocycles. The van der Waals surface area contributed by atoms with Crippen LogP contribution >= 0.6 is 0 Å². The van der Waals surface area contributed by atoms with Crippen molar-refractivity contribution in [3.63, 3.8) is 0 Å². The maximum absolute atomic E-state index is 11.8. The predicted octanol–water partition coefficient (Wildman–Crippen LogP) is 2.84. The number of nitrogens with zero attached hydrogens (tertiary/aromatic N) is 3. The normalized spacial score (nSPS) is 10.5. The Balaban J connectivity index is 2.92. The highest BCUT2D eigenvalue weighted by Gasteiger charge is 2.28. The molecule has 1 rings (SSSR count). The molecule has 0 amide bonds. The molecular formula is C11H13N3O. The zero-order chi connectivity index (χ0) is 11.3. The molecule has 1 aromatic rings. The van der Waals surface area contributed by atoms with Gasteiger partial charge in [0.15, 0.2) is 0 Å². The van der Waals surface area contributed by atoms with E-state index in [1.807, 2.05) is 44.2 Å². The summed E-state index contributed by atoms with van der Waals surface area (Å²) in [5.74, 6) is -0.0773. The van der Waals surface area contributed by atoms with Crippen molar-refractivity contribution >= 4 is 5.78 Å². The Morgan fingerprint density at radius 3 is 2.53 bits per heavy atom. The third-order valence-electron chi connectivity index (χ3n) is 2.47. The highest BCUT2D eigenvalue weighted by molar-refractivity contribution is 5.91. The van der Waals surface area contributed by atoms with Crippen molar-refractivity contribution in [1.29, 1.82) is 0 Å². The molecule has 0 N–H and O–H groups in total. The predicted molar refractivity (Wildman–Crippen MR) is 58.5 cm³/mol. The zero-order valence-corrected chi connectivity index (χ0v) is 8.84. The van der Waals surface area contributed by atoms with E-state index >= 15 is 0 Å². The maximum Gasteiger partial charge on any atom is 0.148 e. The largest absolute Gasteiger partial charge is 0.299 e. The molecule has 0 atom stereocenters. The van der Waals surface area contributed by atoms with Crippen molar-refractivity contribution in [2.45, 2.75) is 19.3 Å². The van der Waals surface area contributed by atoms with Gasteiger partial charge in [-0.2, -0.15) is 0 Å². The summed E-state index contributed by atoms with van der Waals surface area (Å²) in [6, 6.07) is 9.47. The van der Waals surface area contributed by atoms with Gasteiger partial charge in [-0.1, -0.05) is 35.4 Å². The standard InChI is InChI=1S/C11H13N3O/c1-11(2,10(15)8-13-14-12)9-6-4-3-5-7-9/h3-7H,8H2,1-2H3. The Bertz CT molecular complexity index is 392. The van der Waals surface area contributed by atoms with E-state index in [4.69, 9.17) is 5.53 Å². The number of benzene rings is 1. The molecule has 0 aliphatic carbocycles. The van der Waals surface area contributed by atoms with E-state index in [1.165, 1.54) is 0 Å². The van der Waals surface area contributed by atoms with Crippen molar-refractivity contribution in [1.82, 2.24) is 0 Å². The topological polar surface area (TPSA) is 65.8 Å². The minimum Gasteiger partial charge on any atom is -0.299 e. The maximum atomic E-state index is 11.8. The second-order valence-electron chi connectivity index (χ2n) is 3.80. The van der Waals surface area contributed by atoms with Gasteiger partial charge in [0.2, 0.25) is 0 Å². The van der Waals surface area contributed by atoms with Crippen LogP contribution in [0.4, 0.5) is 0 Å². The van der Waals surface area contributed by atoms with Crippen molar-refractivity contribution in [3.05, 3.63) is 46.3 Å². The molecule has 4 nitrogen and oxygen atoms in total. The number of rotatable bonds is 4. The molecule has 0 aliphatic heterocycles. The number of hydrogen-bond acceptors (Lipinski definition) is 2. The Hall–Kier alpha value is -1.80. The van der Waals surface area contributed by atoms with E-state index in [0.29, 0.717) is 0 Å². The lowest BCUT2D eigenvalue weighted by Gasteiger charge is -2.22. The molecule has 0 heterocycles. The van der Waals surface area contributed by atoms with Gasteiger partial charge in [-0.3, -0.25) is 4.79 Å². The molecular weight excluding hydrogens is 190 g/mol. The third-order valence-corrected chi connectivity index (χ3v) is 2.47. The van der Waals surface area contributed by atoms with Crippen LogP contribution in [0.2, 0.25) is 0 Å². The van der Waals surface area contributed by atoms with Gasteiger partial charge in [0, 0.05) is 10.3 Å². The number of ketones is 1. The van der Waals surface area contributed by atoms with E-state index in [-0.39, 0.29) is 12.3 Å². The summed E-state index contributed by atoms with van der Waals surface area (Å²) in [5, 5.41) is 3.29. The lowest BCUT2D eigenvalue weighted by molar-refractivity contribution is -0.122. The minimum absolute atomic E-state index is 0.0773. The lowest BCUT2D eigenvalue weighted by Crippen LogP contribution is -2.30. The van der Waals surface area contributed by atoms with Crippen LogP contribution in [-0.2, 0) is 10.2 Å². The molecule has 0 aromatic heterocycles. The smallest absolute Gasteiger partial charge is 0.148 e. The number of carbonyl (C=O) groups excluding carboxylic acids is 1. The summed E-state index contributed by atoms with van der Waals surface area (Å²) >= 11 is 0. The fraction of sp³-hybridized carbons (Fsp3) is 0.364. The summed E-state index contributed by atoms with van der Waals surface area (Å²) in [6.45, 7) is 3.56. The first kappa shape index (κ1) is 11.3. The molecule has 15 heavy (non-hydrogen) atoms. The van der Waals surface area contributed by atoms with E-state index in [9.17, 15) is 4.79 Å². The Labute approximate surface area is 88.6 Å². The Kier molecular flexibility index (Phi) is 3.47. The first-order chi connectivity index (χ1) is 7.09. The van der Waals surface area contributed by atoms with E-state index < -0.39 is 5.41 Å². The molecule has 0 radical (unpaired) electrons. The molecule has 0 unspecified atom stereocenters. The fourth-order valence-corrected chi connectivity index (χ4v) is 1.31. The Morgan fingerprint density at radius 2 is 2.00 bits per heavy atom. The van der Waals surface area contributed by atoms with Gasteiger partial charge in [0.1, 0.15) is 5.78 Å². The lowest BCUT2D eigenvalue weighted by atomic mass is 9.80. The van der Waals surface area contributed by atoms with E-state index in [2.05, 4.69) is 10.0 Å². The first-order valence-electron chi connectivity index (χ1n) is 4.68. The van der Waals surface area contributed by atoms with Crippen LogP contribution in [0.1, 0.15) is 19.4 Å². The van der Waals surface area contributed by atoms with Crippen LogP contribution in [0.5, 0.6) is 0 Å². The summed E-state index contributed by atoms with van der Waals surface area (Å²) in [6.07, 6.45) is 0. The van der Waals surface area contributed by atoms with Gasteiger partial charge in [0.25, 0.3) is 0 Å². The molecule has 0 spiro atoms. The fourth-order valence-electron chi connectivity index (χ4n) is 1.31. The van der Waals surface area contributed by atoms with Crippen molar-refractivity contribution in [3.8, 4) is 0 Å². The number of hydrogen-bond donors (Lipinski definition) is 0. The molecule has 1 aromatic carbocycles. The number of carbonyl (C=O) groups is 1. The molecule has 0 aliphatic rings. The first-order valence-corrected chi connectivity index (χ1v) is 4.68. The van der Waals surface area contributed by atoms with Gasteiger partial charge >= 0.3 is 0 Å². The van der Waals surface area contributed by atoms with Crippen LogP contribution in [0, 0.1) is 0 Å². The van der Waals surface area contributed by atoms with Crippen molar-refractivity contribution in [2.75, 3.05) is 6.54 Å². The molecule has 78 valence electrons. The van der Waals surface area contributed by atoms with Gasteiger partial charge in [-0.25, -0.2) is 0 Å². The van der Waals surface area contributed by atoms with Crippen LogP contribution in [0.15, 0.2) is 35.4 Å². The Morgan fingerprint density at radius 1 is 1.40 bits per heavy atom. The highest BCUT2D eigenvalue weighted by Crippen LogP contribution is 2.23. The zero-order valence-electron chi connectivity index (χ0n) is 8.84. The average Bonchev–Trinajstić information content (AvgIpc) is 2.27. The summed E-state index contributed by atoms with van der Waals surface area (Å²) in [5.41, 5.74) is 8.49. The van der Waals surface area contributed by atoms with Crippen LogP contribution in [0.25, 0.3) is 10.4 Å². The highest BCUT2D eigenvalue weighted by atomic mass is 16.1. The second-order valence-corrected chi connectivity index (χ2v) is 3.80. The number of azide groups is 1. The van der Waals surface area contributed by atoms with Crippen molar-refractivity contribution in [2.24, 2.45) is 5.11 Å². The molecule has 0 bridgehead atoms. The second kappa shape index (κ2) is 4.62. The summed E-state index contributed by atoms with van der Waals surface area (Å²) in [7, 11) is 0. The molecule has 0 saturated heterocycles. The van der Waals surface area contributed by atoms with Gasteiger partial charge in [-0.05, 0) is 24.9 Å². The third kappa shape index (κ3) is 2.58. The average molecular weight is 203 g/mol. The van der Waals surface area contributed by atoms with Crippen molar-refractivity contribution < 1.29 is 4.79 Å².